The maximum absolute atomic E-state index is 12.6. The molecule has 3 N–H and O–H groups in total. The molecule has 2 atom stereocenters. The van der Waals surface area contributed by atoms with Crippen molar-refractivity contribution >= 4 is 23.7 Å². The molecule has 1 saturated heterocycles. The van der Waals surface area contributed by atoms with Crippen molar-refractivity contribution in [2.75, 3.05) is 11.9 Å². The van der Waals surface area contributed by atoms with Crippen molar-refractivity contribution in [2.45, 2.75) is 44.2 Å². The largest absolute Gasteiger partial charge is 0.444 e. The van der Waals surface area contributed by atoms with Crippen LogP contribution >= 0.6 is 0 Å². The molecule has 3 heterocycles. The van der Waals surface area contributed by atoms with Gasteiger partial charge in [0.25, 0.3) is 0 Å². The van der Waals surface area contributed by atoms with E-state index >= 15 is 0 Å². The number of nitrogens with two attached hydrogens (primary N) is 1. The van der Waals surface area contributed by atoms with Gasteiger partial charge in [-0.15, -0.1) is 0 Å². The van der Waals surface area contributed by atoms with Crippen molar-refractivity contribution in [2.24, 2.45) is 5.73 Å². The van der Waals surface area contributed by atoms with E-state index < -0.39 is 29.1 Å². The van der Waals surface area contributed by atoms with Crippen molar-refractivity contribution < 1.29 is 19.1 Å². The van der Waals surface area contributed by atoms with Crippen LogP contribution in [0.4, 0.5) is 10.6 Å². The van der Waals surface area contributed by atoms with Crippen LogP contribution in [0.3, 0.4) is 0 Å². The van der Waals surface area contributed by atoms with Crippen LogP contribution in [0, 0.1) is 0 Å². The van der Waals surface area contributed by atoms with Crippen LogP contribution in [0.2, 0.25) is 0 Å². The lowest BCUT2D eigenvalue weighted by Gasteiger charge is -2.27. The first kappa shape index (κ1) is 16.2. The molecule has 8 nitrogen and oxygen atoms in total. The molecule has 0 aromatic carbocycles. The Hall–Kier alpha value is -2.64. The van der Waals surface area contributed by atoms with Crippen molar-refractivity contribution in [3.05, 3.63) is 23.9 Å². The Balaban J connectivity index is 1.98. The highest BCUT2D eigenvalue weighted by atomic mass is 16.6. The second-order valence-electron chi connectivity index (χ2n) is 7.17. The van der Waals surface area contributed by atoms with E-state index in [2.05, 4.69) is 10.3 Å². The first-order valence-corrected chi connectivity index (χ1v) is 7.70. The van der Waals surface area contributed by atoms with Gasteiger partial charge in [-0.1, -0.05) is 6.07 Å². The zero-order valence-electron chi connectivity index (χ0n) is 13.8. The molecule has 2 aliphatic rings. The Bertz CT molecular complexity index is 727. The van der Waals surface area contributed by atoms with Gasteiger partial charge >= 0.3 is 6.09 Å². The topological polar surface area (TPSA) is 115 Å². The monoisotopic (exact) mass is 332 g/mol. The fraction of sp³-hybridized carbons (Fsp3) is 0.500. The SMILES string of the molecule is CC(C)(C)OC(=O)N1C[C@]2(C[C@H]1C(N)=O)C(=O)Nc1ncccc12. The molecule has 24 heavy (non-hydrogen) atoms. The average Bonchev–Trinajstić information content (AvgIpc) is 2.99. The number of rotatable bonds is 1. The van der Waals surface area contributed by atoms with Crippen LogP contribution in [0.1, 0.15) is 32.8 Å². The number of hydrogen-bond donors (Lipinski definition) is 2. The first-order valence-electron chi connectivity index (χ1n) is 7.70. The minimum absolute atomic E-state index is 0.0278. The predicted molar refractivity (Wildman–Crippen MR) is 85.1 cm³/mol. The van der Waals surface area contributed by atoms with Gasteiger partial charge < -0.3 is 15.8 Å². The molecule has 0 bridgehead atoms. The van der Waals surface area contributed by atoms with Gasteiger partial charge in [0, 0.05) is 18.3 Å². The summed E-state index contributed by atoms with van der Waals surface area (Å²) < 4.78 is 5.36. The fourth-order valence-electron chi connectivity index (χ4n) is 3.27. The van der Waals surface area contributed by atoms with Crippen LogP contribution in [0.15, 0.2) is 18.3 Å². The molecule has 2 aliphatic heterocycles. The van der Waals surface area contributed by atoms with Crippen LogP contribution in [-0.2, 0) is 19.7 Å². The maximum Gasteiger partial charge on any atom is 0.411 e. The molecular weight excluding hydrogens is 312 g/mol. The number of nitrogens with zero attached hydrogens (tertiary/aromatic N) is 2. The zero-order valence-corrected chi connectivity index (χ0v) is 13.8. The predicted octanol–water partition coefficient (Wildman–Crippen LogP) is 0.766. The maximum atomic E-state index is 12.6. The number of amides is 3. The lowest BCUT2D eigenvalue weighted by Crippen LogP contribution is -2.46. The summed E-state index contributed by atoms with van der Waals surface area (Å²) in [6, 6.07) is 2.59. The summed E-state index contributed by atoms with van der Waals surface area (Å²) in [6.07, 6.45) is 1.03. The highest BCUT2D eigenvalue weighted by Gasteiger charge is 2.58. The minimum Gasteiger partial charge on any atom is -0.444 e. The van der Waals surface area contributed by atoms with Crippen molar-refractivity contribution in [1.29, 1.82) is 0 Å². The van der Waals surface area contributed by atoms with Crippen molar-refractivity contribution in [3.63, 3.8) is 0 Å². The third-order valence-corrected chi connectivity index (χ3v) is 4.30. The van der Waals surface area contributed by atoms with Gasteiger partial charge in [-0.05, 0) is 33.3 Å². The Morgan fingerprint density at radius 2 is 2.17 bits per heavy atom. The van der Waals surface area contributed by atoms with Crippen molar-refractivity contribution in [3.8, 4) is 0 Å². The number of carbonyl (C=O) groups excluding carboxylic acids is 3. The Kier molecular flexibility index (Phi) is 3.51. The van der Waals surface area contributed by atoms with E-state index in [4.69, 9.17) is 10.5 Å². The molecule has 1 fully saturated rings. The van der Waals surface area contributed by atoms with Gasteiger partial charge in [0.05, 0.1) is 5.41 Å². The molecule has 8 heteroatoms. The van der Waals surface area contributed by atoms with Gasteiger partial charge in [-0.3, -0.25) is 14.5 Å². The fourth-order valence-corrected chi connectivity index (χ4v) is 3.27. The second-order valence-corrected chi connectivity index (χ2v) is 7.17. The number of primary amides is 1. The quantitative estimate of drug-likeness (QED) is 0.788. The zero-order chi connectivity index (χ0) is 17.7. The Labute approximate surface area is 139 Å². The van der Waals surface area contributed by atoms with Gasteiger partial charge in [-0.2, -0.15) is 0 Å². The summed E-state index contributed by atoms with van der Waals surface area (Å²) in [5, 5.41) is 2.72. The molecule has 0 radical (unpaired) electrons. The molecule has 128 valence electrons. The number of ether oxygens (including phenoxy) is 1. The van der Waals surface area contributed by atoms with Gasteiger partial charge in [0.1, 0.15) is 17.5 Å². The van der Waals surface area contributed by atoms with E-state index in [0.717, 1.165) is 0 Å². The summed E-state index contributed by atoms with van der Waals surface area (Å²) in [4.78, 5) is 42.3. The molecule has 3 amide bonds. The Morgan fingerprint density at radius 1 is 1.46 bits per heavy atom. The summed E-state index contributed by atoms with van der Waals surface area (Å²) in [7, 11) is 0. The normalized spacial score (nSPS) is 25.5. The summed E-state index contributed by atoms with van der Waals surface area (Å²) in [5.41, 5.74) is 4.40. The third-order valence-electron chi connectivity index (χ3n) is 4.30. The van der Waals surface area contributed by atoms with E-state index in [1.165, 1.54) is 4.90 Å². The number of pyridine rings is 1. The lowest BCUT2D eigenvalue weighted by molar-refractivity contribution is -0.122. The standard InChI is InChI=1S/C16H20N4O4/c1-15(2,3)24-14(23)20-8-16(7-10(20)11(17)21)9-5-4-6-18-12(9)19-13(16)22/h4-6,10H,7-8H2,1-3H3,(H2,17,21)(H,18,19,22)/t10-,16-/m0/s1. The van der Waals surface area contributed by atoms with Gasteiger partial charge in [-0.25, -0.2) is 9.78 Å². The van der Waals surface area contributed by atoms with Gasteiger partial charge in [0.2, 0.25) is 11.8 Å². The van der Waals surface area contributed by atoms with Crippen LogP contribution in [0.5, 0.6) is 0 Å². The second kappa shape index (κ2) is 5.19. The third kappa shape index (κ3) is 2.47. The van der Waals surface area contributed by atoms with E-state index in [1.807, 2.05) is 0 Å². The molecule has 0 unspecified atom stereocenters. The number of anilines is 1. The lowest BCUT2D eigenvalue weighted by atomic mass is 9.80. The highest BCUT2D eigenvalue weighted by molar-refractivity contribution is 6.07. The van der Waals surface area contributed by atoms with Crippen LogP contribution < -0.4 is 11.1 Å². The summed E-state index contributed by atoms with van der Waals surface area (Å²) in [6.45, 7) is 5.23. The number of aromatic nitrogens is 1. The summed E-state index contributed by atoms with van der Waals surface area (Å²) >= 11 is 0. The number of hydrogen-bond acceptors (Lipinski definition) is 5. The van der Waals surface area contributed by atoms with E-state index in [9.17, 15) is 14.4 Å². The molecule has 3 rings (SSSR count). The minimum atomic E-state index is -1.03. The number of likely N-dealkylation sites (tertiary alicyclic amines) is 1. The van der Waals surface area contributed by atoms with Crippen molar-refractivity contribution in [1.82, 2.24) is 9.88 Å². The first-order chi connectivity index (χ1) is 11.1. The Morgan fingerprint density at radius 3 is 2.79 bits per heavy atom. The smallest absolute Gasteiger partial charge is 0.411 e. The number of carbonyl (C=O) groups is 3. The van der Waals surface area contributed by atoms with E-state index in [0.29, 0.717) is 11.4 Å². The van der Waals surface area contributed by atoms with Crippen LogP contribution in [-0.4, -0.2) is 46.0 Å². The molecule has 1 aromatic heterocycles. The molecule has 1 spiro atoms. The number of nitrogens with one attached hydrogen (secondary N) is 1. The molecule has 0 saturated carbocycles. The average molecular weight is 332 g/mol. The highest BCUT2D eigenvalue weighted by Crippen LogP contribution is 2.45. The van der Waals surface area contributed by atoms with E-state index in [-0.39, 0.29) is 18.9 Å². The molecule has 1 aromatic rings. The van der Waals surface area contributed by atoms with Crippen LogP contribution in [0.25, 0.3) is 0 Å². The molecular formula is C16H20N4O4. The number of fused-ring (bicyclic) bond motifs is 2. The molecule has 0 aliphatic carbocycles. The van der Waals surface area contributed by atoms with E-state index in [1.54, 1.807) is 39.1 Å². The summed E-state index contributed by atoms with van der Waals surface area (Å²) in [5.74, 6) is -0.492. The van der Waals surface area contributed by atoms with Gasteiger partial charge in [0.15, 0.2) is 0 Å².